The van der Waals surface area contributed by atoms with Gasteiger partial charge < -0.3 is 11.1 Å². The standard InChI is InChI=1S/C11H16N2OS/c1-7(6-12)13-11(14)10-9(4-5-15-10)8-2-3-8/h4-5,7-8H,2-3,6,12H2,1H3,(H,13,14)/t7-/m1/s1. The van der Waals surface area contributed by atoms with Crippen molar-refractivity contribution < 1.29 is 4.79 Å². The molecule has 0 unspecified atom stereocenters. The van der Waals surface area contributed by atoms with Crippen molar-refractivity contribution >= 4 is 17.2 Å². The molecule has 4 heteroatoms. The number of thiophene rings is 1. The van der Waals surface area contributed by atoms with Crippen LogP contribution >= 0.6 is 11.3 Å². The molecule has 2 rings (SSSR count). The zero-order valence-electron chi connectivity index (χ0n) is 8.82. The van der Waals surface area contributed by atoms with E-state index in [0.29, 0.717) is 12.5 Å². The van der Waals surface area contributed by atoms with E-state index in [1.165, 1.54) is 29.7 Å². The molecule has 1 aliphatic carbocycles. The van der Waals surface area contributed by atoms with Gasteiger partial charge in [-0.15, -0.1) is 11.3 Å². The van der Waals surface area contributed by atoms with Crippen molar-refractivity contribution in [2.45, 2.75) is 31.7 Å². The Morgan fingerprint density at radius 2 is 2.47 bits per heavy atom. The average molecular weight is 224 g/mol. The monoisotopic (exact) mass is 224 g/mol. The van der Waals surface area contributed by atoms with Crippen LogP contribution in [0, 0.1) is 0 Å². The lowest BCUT2D eigenvalue weighted by Gasteiger charge is -2.11. The van der Waals surface area contributed by atoms with Crippen molar-refractivity contribution in [1.82, 2.24) is 5.32 Å². The second-order valence-electron chi connectivity index (χ2n) is 4.09. The van der Waals surface area contributed by atoms with Crippen LogP contribution in [0.5, 0.6) is 0 Å². The quantitative estimate of drug-likeness (QED) is 0.818. The maximum absolute atomic E-state index is 11.9. The molecule has 1 aliphatic rings. The van der Waals surface area contributed by atoms with Gasteiger partial charge in [-0.1, -0.05) is 0 Å². The Morgan fingerprint density at radius 1 is 1.73 bits per heavy atom. The highest BCUT2D eigenvalue weighted by Gasteiger charge is 2.29. The van der Waals surface area contributed by atoms with Gasteiger partial charge in [-0.05, 0) is 42.7 Å². The summed E-state index contributed by atoms with van der Waals surface area (Å²) in [6, 6.07) is 2.12. The number of nitrogens with one attached hydrogen (secondary N) is 1. The van der Waals surface area contributed by atoms with Crippen LogP contribution in [0.4, 0.5) is 0 Å². The van der Waals surface area contributed by atoms with Gasteiger partial charge in [0.05, 0.1) is 4.88 Å². The van der Waals surface area contributed by atoms with E-state index in [0.717, 1.165) is 4.88 Å². The molecule has 0 spiro atoms. The third-order valence-corrected chi connectivity index (χ3v) is 3.58. The van der Waals surface area contributed by atoms with Gasteiger partial charge in [-0.3, -0.25) is 4.79 Å². The van der Waals surface area contributed by atoms with Crippen LogP contribution in [0.25, 0.3) is 0 Å². The van der Waals surface area contributed by atoms with Crippen LogP contribution in [0.2, 0.25) is 0 Å². The summed E-state index contributed by atoms with van der Waals surface area (Å²) in [5, 5.41) is 4.90. The number of carbonyl (C=O) groups is 1. The molecule has 1 aromatic heterocycles. The lowest BCUT2D eigenvalue weighted by atomic mass is 10.1. The third-order valence-electron chi connectivity index (χ3n) is 2.65. The normalized spacial score (nSPS) is 17.5. The minimum absolute atomic E-state index is 0.0323. The highest BCUT2D eigenvalue weighted by molar-refractivity contribution is 7.12. The second kappa shape index (κ2) is 4.33. The molecule has 1 aromatic rings. The first-order chi connectivity index (χ1) is 7.22. The Hall–Kier alpha value is -0.870. The molecular weight excluding hydrogens is 208 g/mol. The van der Waals surface area contributed by atoms with Crippen molar-refractivity contribution in [3.05, 3.63) is 21.9 Å². The van der Waals surface area contributed by atoms with Gasteiger partial charge >= 0.3 is 0 Å². The largest absolute Gasteiger partial charge is 0.348 e. The van der Waals surface area contributed by atoms with Gasteiger partial charge in [0, 0.05) is 12.6 Å². The van der Waals surface area contributed by atoms with E-state index in [2.05, 4.69) is 11.4 Å². The molecule has 0 aromatic carbocycles. The van der Waals surface area contributed by atoms with Crippen molar-refractivity contribution in [2.75, 3.05) is 6.54 Å². The zero-order chi connectivity index (χ0) is 10.8. The molecule has 0 bridgehead atoms. The summed E-state index contributed by atoms with van der Waals surface area (Å²) in [6.07, 6.45) is 2.45. The molecule has 15 heavy (non-hydrogen) atoms. The first-order valence-corrected chi connectivity index (χ1v) is 6.18. The third kappa shape index (κ3) is 2.38. The van der Waals surface area contributed by atoms with Crippen molar-refractivity contribution in [3.63, 3.8) is 0 Å². The number of hydrogen-bond donors (Lipinski definition) is 2. The lowest BCUT2D eigenvalue weighted by Crippen LogP contribution is -2.37. The van der Waals surface area contributed by atoms with E-state index in [9.17, 15) is 4.79 Å². The zero-order valence-corrected chi connectivity index (χ0v) is 9.64. The first-order valence-electron chi connectivity index (χ1n) is 5.30. The SMILES string of the molecule is C[C@H](CN)NC(=O)c1sccc1C1CC1. The maximum atomic E-state index is 11.9. The Labute approximate surface area is 93.7 Å². The topological polar surface area (TPSA) is 55.1 Å². The minimum Gasteiger partial charge on any atom is -0.348 e. The Balaban J connectivity index is 2.07. The van der Waals surface area contributed by atoms with E-state index in [1.807, 2.05) is 12.3 Å². The minimum atomic E-state index is 0.0323. The maximum Gasteiger partial charge on any atom is 0.261 e. The summed E-state index contributed by atoms with van der Waals surface area (Å²) in [7, 11) is 0. The molecule has 0 aliphatic heterocycles. The van der Waals surface area contributed by atoms with Crippen molar-refractivity contribution in [2.24, 2.45) is 5.73 Å². The van der Waals surface area contributed by atoms with Crippen LogP contribution < -0.4 is 11.1 Å². The molecule has 82 valence electrons. The van der Waals surface area contributed by atoms with Crippen LogP contribution in [0.15, 0.2) is 11.4 Å². The summed E-state index contributed by atoms with van der Waals surface area (Å²) >= 11 is 1.53. The van der Waals surface area contributed by atoms with E-state index in [4.69, 9.17) is 5.73 Å². The summed E-state index contributed by atoms with van der Waals surface area (Å²) < 4.78 is 0. The Bertz CT molecular complexity index is 357. The lowest BCUT2D eigenvalue weighted by molar-refractivity contribution is 0.0944. The van der Waals surface area contributed by atoms with Crippen LogP contribution in [-0.4, -0.2) is 18.5 Å². The first kappa shape index (κ1) is 10.6. The second-order valence-corrected chi connectivity index (χ2v) is 5.01. The number of rotatable bonds is 4. The fourth-order valence-corrected chi connectivity index (χ4v) is 2.46. The van der Waals surface area contributed by atoms with Gasteiger partial charge in [-0.2, -0.15) is 0 Å². The summed E-state index contributed by atoms with van der Waals surface area (Å²) in [5.41, 5.74) is 6.70. The van der Waals surface area contributed by atoms with Crippen molar-refractivity contribution in [1.29, 1.82) is 0 Å². The van der Waals surface area contributed by atoms with Crippen LogP contribution in [-0.2, 0) is 0 Å². The predicted molar refractivity (Wildman–Crippen MR) is 62.3 cm³/mol. The molecule has 1 amide bonds. The van der Waals surface area contributed by atoms with Gasteiger partial charge in [0.15, 0.2) is 0 Å². The Kier molecular flexibility index (Phi) is 3.07. The average Bonchev–Trinajstić information content (AvgIpc) is 2.95. The number of amides is 1. The molecule has 1 saturated carbocycles. The number of nitrogens with two attached hydrogens (primary N) is 1. The van der Waals surface area contributed by atoms with Gasteiger partial charge in [0.2, 0.25) is 0 Å². The molecule has 3 nitrogen and oxygen atoms in total. The molecule has 1 heterocycles. The number of hydrogen-bond acceptors (Lipinski definition) is 3. The summed E-state index contributed by atoms with van der Waals surface area (Å²) in [4.78, 5) is 12.7. The molecular formula is C11H16N2OS. The van der Waals surface area contributed by atoms with E-state index < -0.39 is 0 Å². The molecule has 3 N–H and O–H groups in total. The summed E-state index contributed by atoms with van der Waals surface area (Å²) in [6.45, 7) is 2.40. The molecule has 1 fully saturated rings. The number of carbonyl (C=O) groups excluding carboxylic acids is 1. The van der Waals surface area contributed by atoms with Crippen molar-refractivity contribution in [3.8, 4) is 0 Å². The van der Waals surface area contributed by atoms with Gasteiger partial charge in [0.1, 0.15) is 0 Å². The van der Waals surface area contributed by atoms with Gasteiger partial charge in [-0.25, -0.2) is 0 Å². The summed E-state index contributed by atoms with van der Waals surface area (Å²) in [5.74, 6) is 0.662. The highest BCUT2D eigenvalue weighted by atomic mass is 32.1. The van der Waals surface area contributed by atoms with E-state index >= 15 is 0 Å². The molecule has 0 radical (unpaired) electrons. The highest BCUT2D eigenvalue weighted by Crippen LogP contribution is 2.43. The fourth-order valence-electron chi connectivity index (χ4n) is 1.57. The van der Waals surface area contributed by atoms with Gasteiger partial charge in [0.25, 0.3) is 5.91 Å². The Morgan fingerprint density at radius 3 is 3.07 bits per heavy atom. The smallest absolute Gasteiger partial charge is 0.261 e. The van der Waals surface area contributed by atoms with Crippen LogP contribution in [0.1, 0.15) is 40.9 Å². The fraction of sp³-hybridized carbons (Fsp3) is 0.545. The molecule has 1 atom stereocenters. The van der Waals surface area contributed by atoms with E-state index in [-0.39, 0.29) is 11.9 Å². The predicted octanol–water partition coefficient (Wildman–Crippen LogP) is 1.70. The molecule has 0 saturated heterocycles. The van der Waals surface area contributed by atoms with Crippen LogP contribution in [0.3, 0.4) is 0 Å². The van der Waals surface area contributed by atoms with E-state index in [1.54, 1.807) is 0 Å².